The lowest BCUT2D eigenvalue weighted by Gasteiger charge is -2.36. The van der Waals surface area contributed by atoms with Crippen LogP contribution in [0.25, 0.3) is 10.9 Å². The van der Waals surface area contributed by atoms with Gasteiger partial charge in [-0.05, 0) is 36.4 Å². The number of nitrogens with one attached hydrogen (secondary N) is 1. The number of hydrogen-bond donors (Lipinski definition) is 1. The van der Waals surface area contributed by atoms with Crippen molar-refractivity contribution in [1.29, 1.82) is 0 Å². The molecule has 0 saturated carbocycles. The van der Waals surface area contributed by atoms with Gasteiger partial charge in [0.15, 0.2) is 5.82 Å². The van der Waals surface area contributed by atoms with Crippen LogP contribution in [0.5, 0.6) is 0 Å². The predicted molar refractivity (Wildman–Crippen MR) is 105 cm³/mol. The maximum absolute atomic E-state index is 13.4. The number of pyridine rings is 1. The van der Waals surface area contributed by atoms with Gasteiger partial charge in [0.05, 0.1) is 11.2 Å². The maximum Gasteiger partial charge on any atom is 0.405 e. The molecule has 1 aliphatic heterocycles. The molecule has 158 valence electrons. The first-order chi connectivity index (χ1) is 14.3. The molecular formula is C20H19F4N5O. The van der Waals surface area contributed by atoms with Crippen LogP contribution in [0.4, 0.5) is 33.9 Å². The van der Waals surface area contributed by atoms with Gasteiger partial charge in [-0.25, -0.2) is 14.2 Å². The molecule has 3 heterocycles. The molecule has 2 aromatic heterocycles. The Kier molecular flexibility index (Phi) is 5.23. The van der Waals surface area contributed by atoms with Crippen LogP contribution >= 0.6 is 0 Å². The van der Waals surface area contributed by atoms with E-state index >= 15 is 0 Å². The number of anilines is 2. The van der Waals surface area contributed by atoms with E-state index in [1.165, 1.54) is 22.9 Å². The second-order valence-electron chi connectivity index (χ2n) is 6.99. The summed E-state index contributed by atoms with van der Waals surface area (Å²) in [6.07, 6.45) is -1.20. The molecule has 3 aromatic rings. The second-order valence-corrected chi connectivity index (χ2v) is 6.99. The first-order valence-corrected chi connectivity index (χ1v) is 9.38. The van der Waals surface area contributed by atoms with Crippen molar-refractivity contribution in [3.05, 3.63) is 54.6 Å². The van der Waals surface area contributed by atoms with Gasteiger partial charge in [0.1, 0.15) is 12.4 Å². The number of alkyl halides is 3. The molecule has 0 radical (unpaired) electrons. The second kappa shape index (κ2) is 7.85. The van der Waals surface area contributed by atoms with Gasteiger partial charge in [-0.2, -0.15) is 13.2 Å². The first-order valence-electron chi connectivity index (χ1n) is 9.38. The number of hydrogen-bond acceptors (Lipinski definition) is 4. The van der Waals surface area contributed by atoms with Crippen molar-refractivity contribution in [2.45, 2.75) is 6.18 Å². The molecule has 1 aromatic carbocycles. The molecule has 0 aliphatic carbocycles. The zero-order chi connectivity index (χ0) is 21.3. The zero-order valence-electron chi connectivity index (χ0n) is 15.9. The van der Waals surface area contributed by atoms with Gasteiger partial charge < -0.3 is 15.1 Å². The molecular weight excluding hydrogens is 402 g/mol. The highest BCUT2D eigenvalue weighted by molar-refractivity contribution is 5.91. The predicted octanol–water partition coefficient (Wildman–Crippen LogP) is 3.94. The summed E-state index contributed by atoms with van der Waals surface area (Å²) in [5.74, 6) is 0.0577. The summed E-state index contributed by atoms with van der Waals surface area (Å²) in [6, 6.07) is 8.81. The van der Waals surface area contributed by atoms with Crippen LogP contribution in [-0.2, 0) is 0 Å². The van der Waals surface area contributed by atoms with Crippen molar-refractivity contribution in [1.82, 2.24) is 14.5 Å². The molecule has 1 aliphatic rings. The smallest absolute Gasteiger partial charge is 0.373 e. The highest BCUT2D eigenvalue weighted by atomic mass is 19.4. The van der Waals surface area contributed by atoms with Gasteiger partial charge in [-0.3, -0.25) is 4.57 Å². The third-order valence-electron chi connectivity index (χ3n) is 4.97. The van der Waals surface area contributed by atoms with Crippen LogP contribution in [0.2, 0.25) is 0 Å². The van der Waals surface area contributed by atoms with Crippen molar-refractivity contribution in [2.75, 3.05) is 42.9 Å². The zero-order valence-corrected chi connectivity index (χ0v) is 15.9. The Morgan fingerprint density at radius 3 is 2.60 bits per heavy atom. The van der Waals surface area contributed by atoms with Crippen LogP contribution in [-0.4, -0.2) is 59.4 Å². The van der Waals surface area contributed by atoms with Crippen molar-refractivity contribution in [2.24, 2.45) is 0 Å². The van der Waals surface area contributed by atoms with Crippen molar-refractivity contribution in [3.63, 3.8) is 0 Å². The Morgan fingerprint density at radius 2 is 1.87 bits per heavy atom. The van der Waals surface area contributed by atoms with E-state index < -0.39 is 12.7 Å². The highest BCUT2D eigenvalue weighted by Gasteiger charge is 2.29. The molecule has 1 N–H and O–H groups in total. The Labute approximate surface area is 169 Å². The van der Waals surface area contributed by atoms with Gasteiger partial charge in [0.25, 0.3) is 0 Å². The van der Waals surface area contributed by atoms with E-state index in [9.17, 15) is 22.4 Å². The molecule has 0 atom stereocenters. The molecule has 0 spiro atoms. The van der Waals surface area contributed by atoms with Gasteiger partial charge >= 0.3 is 12.2 Å². The van der Waals surface area contributed by atoms with Gasteiger partial charge in [0, 0.05) is 44.0 Å². The molecule has 0 bridgehead atoms. The van der Waals surface area contributed by atoms with Crippen LogP contribution in [0, 0.1) is 5.82 Å². The molecule has 1 fully saturated rings. The Morgan fingerprint density at radius 1 is 1.10 bits per heavy atom. The highest BCUT2D eigenvalue weighted by Crippen LogP contribution is 2.26. The fraction of sp³-hybridized carbons (Fsp3) is 0.300. The number of amides is 1. The Hall–Kier alpha value is -3.30. The summed E-state index contributed by atoms with van der Waals surface area (Å²) in [5.41, 5.74) is 0.917. The third kappa shape index (κ3) is 4.17. The number of carbonyl (C=O) groups is 1. The summed E-state index contributed by atoms with van der Waals surface area (Å²) < 4.78 is 52.5. The van der Waals surface area contributed by atoms with E-state index in [1.54, 1.807) is 35.4 Å². The molecule has 4 rings (SSSR count). The third-order valence-corrected chi connectivity index (χ3v) is 4.97. The van der Waals surface area contributed by atoms with Crippen LogP contribution in [0.15, 0.2) is 48.8 Å². The van der Waals surface area contributed by atoms with E-state index in [4.69, 9.17) is 0 Å². The van der Waals surface area contributed by atoms with Crippen LogP contribution < -0.4 is 10.2 Å². The SMILES string of the molecule is O=C(N1CCN(c2ncccc2NCC(F)(F)F)CC1)n1ccc2cc(F)ccc21. The lowest BCUT2D eigenvalue weighted by molar-refractivity contribution is -0.115. The summed E-state index contributed by atoms with van der Waals surface area (Å²) in [7, 11) is 0. The van der Waals surface area contributed by atoms with E-state index in [0.29, 0.717) is 48.6 Å². The van der Waals surface area contributed by atoms with Crippen LogP contribution in [0.3, 0.4) is 0 Å². The average molecular weight is 421 g/mol. The number of benzene rings is 1. The average Bonchev–Trinajstić information content (AvgIpc) is 3.14. The summed E-state index contributed by atoms with van der Waals surface area (Å²) in [6.45, 7) is 0.476. The number of carbonyl (C=O) groups excluding carboxylic acids is 1. The first kappa shape index (κ1) is 20.0. The van der Waals surface area contributed by atoms with E-state index in [0.717, 1.165) is 0 Å². The lowest BCUT2D eigenvalue weighted by Crippen LogP contribution is -2.50. The number of rotatable bonds is 3. The molecule has 1 saturated heterocycles. The molecule has 0 unspecified atom stereocenters. The lowest BCUT2D eigenvalue weighted by atomic mass is 10.2. The Bertz CT molecular complexity index is 1060. The fourth-order valence-electron chi connectivity index (χ4n) is 3.52. The van der Waals surface area contributed by atoms with E-state index in [1.807, 2.05) is 4.90 Å². The topological polar surface area (TPSA) is 53.4 Å². The minimum Gasteiger partial charge on any atom is -0.373 e. The maximum atomic E-state index is 13.4. The van der Waals surface area contributed by atoms with E-state index in [2.05, 4.69) is 10.3 Å². The number of fused-ring (bicyclic) bond motifs is 1. The molecule has 30 heavy (non-hydrogen) atoms. The number of halogens is 4. The number of aromatic nitrogens is 2. The van der Waals surface area contributed by atoms with Crippen molar-refractivity contribution in [3.8, 4) is 0 Å². The molecule has 10 heteroatoms. The summed E-state index contributed by atoms with van der Waals surface area (Å²) in [4.78, 5) is 20.6. The summed E-state index contributed by atoms with van der Waals surface area (Å²) in [5, 5.41) is 3.02. The van der Waals surface area contributed by atoms with E-state index in [-0.39, 0.29) is 11.8 Å². The number of nitrogens with zero attached hydrogens (tertiary/aromatic N) is 4. The largest absolute Gasteiger partial charge is 0.405 e. The van der Waals surface area contributed by atoms with Crippen molar-refractivity contribution < 1.29 is 22.4 Å². The quantitative estimate of drug-likeness (QED) is 0.651. The van der Waals surface area contributed by atoms with Gasteiger partial charge in [0.2, 0.25) is 0 Å². The molecule has 6 nitrogen and oxygen atoms in total. The number of piperazine rings is 1. The minimum atomic E-state index is -4.33. The summed E-state index contributed by atoms with van der Waals surface area (Å²) >= 11 is 0. The monoisotopic (exact) mass is 421 g/mol. The normalized spacial score (nSPS) is 14.9. The van der Waals surface area contributed by atoms with Crippen molar-refractivity contribution >= 4 is 28.4 Å². The molecule has 1 amide bonds. The standard InChI is InChI=1S/C20H19F4N5O/c21-15-3-4-17-14(12-15)5-7-29(17)19(30)28-10-8-27(9-11-28)18-16(2-1-6-25-18)26-13-20(22,23)24/h1-7,12,26H,8-11,13H2. The fourth-order valence-corrected chi connectivity index (χ4v) is 3.52. The van der Waals surface area contributed by atoms with Crippen LogP contribution in [0.1, 0.15) is 0 Å². The Balaban J connectivity index is 1.45. The minimum absolute atomic E-state index is 0.229. The van der Waals surface area contributed by atoms with Gasteiger partial charge in [-0.15, -0.1) is 0 Å². The van der Waals surface area contributed by atoms with Gasteiger partial charge in [-0.1, -0.05) is 0 Å².